The van der Waals surface area contributed by atoms with Crippen LogP contribution in [0.3, 0.4) is 0 Å². The lowest BCUT2D eigenvalue weighted by atomic mass is 9.98. The van der Waals surface area contributed by atoms with Crippen molar-refractivity contribution in [2.75, 3.05) is 36.0 Å². The Hall–Kier alpha value is -2.37. The van der Waals surface area contributed by atoms with Crippen LogP contribution in [-0.4, -0.2) is 48.8 Å². The molecule has 1 aromatic rings. The van der Waals surface area contributed by atoms with Crippen molar-refractivity contribution >= 4 is 29.1 Å². The van der Waals surface area contributed by atoms with Crippen molar-refractivity contribution < 1.29 is 14.4 Å². The lowest BCUT2D eigenvalue weighted by Gasteiger charge is -2.32. The average Bonchev–Trinajstić information content (AvgIpc) is 3.37. The predicted octanol–water partition coefficient (Wildman–Crippen LogP) is 2.60. The van der Waals surface area contributed by atoms with Gasteiger partial charge < -0.3 is 14.7 Å². The molecule has 0 spiro atoms. The molecule has 4 aliphatic rings. The van der Waals surface area contributed by atoms with E-state index >= 15 is 0 Å². The molecule has 6 nitrogen and oxygen atoms in total. The molecular weight excluding hydrogens is 366 g/mol. The van der Waals surface area contributed by atoms with E-state index in [0.29, 0.717) is 18.9 Å². The zero-order valence-electron chi connectivity index (χ0n) is 17.1. The van der Waals surface area contributed by atoms with Crippen LogP contribution >= 0.6 is 0 Å². The third-order valence-corrected chi connectivity index (χ3v) is 6.91. The fourth-order valence-electron chi connectivity index (χ4n) is 5.11. The smallest absolute Gasteiger partial charge is 0.230 e. The number of likely N-dealkylation sites (tertiary alicyclic amines) is 1. The summed E-state index contributed by atoms with van der Waals surface area (Å²) in [6, 6.07) is 5.96. The summed E-state index contributed by atoms with van der Waals surface area (Å²) >= 11 is 0. The molecule has 0 unspecified atom stereocenters. The molecule has 0 aromatic heterocycles. The first-order valence-electron chi connectivity index (χ1n) is 11.0. The van der Waals surface area contributed by atoms with Crippen LogP contribution in [0, 0.1) is 17.8 Å². The number of hydrogen-bond acceptors (Lipinski definition) is 3. The van der Waals surface area contributed by atoms with Gasteiger partial charge in [0.2, 0.25) is 17.7 Å². The summed E-state index contributed by atoms with van der Waals surface area (Å²) in [6.45, 7) is 5.01. The van der Waals surface area contributed by atoms with Crippen LogP contribution in [0.5, 0.6) is 0 Å². The average molecular weight is 396 g/mol. The summed E-state index contributed by atoms with van der Waals surface area (Å²) in [5.41, 5.74) is 2.98. The van der Waals surface area contributed by atoms with Crippen molar-refractivity contribution in [3.05, 3.63) is 23.8 Å². The lowest BCUT2D eigenvalue weighted by molar-refractivity contribution is -0.137. The van der Waals surface area contributed by atoms with Gasteiger partial charge in [-0.3, -0.25) is 14.4 Å². The van der Waals surface area contributed by atoms with E-state index in [2.05, 4.69) is 6.92 Å². The monoisotopic (exact) mass is 395 g/mol. The number of amides is 3. The zero-order chi connectivity index (χ0) is 20.1. The number of carbonyl (C=O) groups excluding carboxylic acids is 3. The minimum atomic E-state index is -0.242. The molecular formula is C23H29N3O3. The summed E-state index contributed by atoms with van der Waals surface area (Å²) < 4.78 is 0. The second-order valence-electron chi connectivity index (χ2n) is 9.26. The van der Waals surface area contributed by atoms with Gasteiger partial charge >= 0.3 is 0 Å². The number of rotatable bonds is 3. The van der Waals surface area contributed by atoms with Crippen LogP contribution in [0.1, 0.15) is 44.6 Å². The van der Waals surface area contributed by atoms with Crippen LogP contribution in [0.15, 0.2) is 18.2 Å². The van der Waals surface area contributed by atoms with E-state index in [1.165, 1.54) is 6.42 Å². The quantitative estimate of drug-likeness (QED) is 0.790. The van der Waals surface area contributed by atoms with Crippen LogP contribution in [0.4, 0.5) is 11.4 Å². The molecule has 1 aliphatic carbocycles. The Balaban J connectivity index is 1.29. The molecule has 0 radical (unpaired) electrons. The maximum atomic E-state index is 12.9. The van der Waals surface area contributed by atoms with Crippen LogP contribution in [-0.2, 0) is 20.8 Å². The minimum Gasteiger partial charge on any atom is -0.342 e. The highest BCUT2D eigenvalue weighted by atomic mass is 16.2. The number of fused-ring (bicyclic) bond motifs is 1. The number of anilines is 2. The van der Waals surface area contributed by atoms with E-state index in [1.54, 1.807) is 4.90 Å². The summed E-state index contributed by atoms with van der Waals surface area (Å²) in [5, 5.41) is 0. The molecule has 0 N–H and O–H groups in total. The molecule has 3 amide bonds. The summed E-state index contributed by atoms with van der Waals surface area (Å²) in [7, 11) is 0. The van der Waals surface area contributed by atoms with Crippen molar-refractivity contribution in [1.29, 1.82) is 0 Å². The van der Waals surface area contributed by atoms with Gasteiger partial charge in [0.25, 0.3) is 0 Å². The van der Waals surface area contributed by atoms with E-state index in [0.717, 1.165) is 62.3 Å². The first-order valence-corrected chi connectivity index (χ1v) is 11.0. The van der Waals surface area contributed by atoms with Crippen LogP contribution < -0.4 is 9.80 Å². The molecule has 3 aliphatic heterocycles. The highest BCUT2D eigenvalue weighted by molar-refractivity contribution is 6.02. The van der Waals surface area contributed by atoms with E-state index < -0.39 is 0 Å². The molecule has 3 heterocycles. The van der Waals surface area contributed by atoms with Gasteiger partial charge in [-0.2, -0.15) is 0 Å². The van der Waals surface area contributed by atoms with Crippen LogP contribution in [0.2, 0.25) is 0 Å². The third-order valence-electron chi connectivity index (χ3n) is 6.91. The normalized spacial score (nSPS) is 26.8. The molecule has 6 heteroatoms. The first kappa shape index (κ1) is 18.6. The van der Waals surface area contributed by atoms with Crippen molar-refractivity contribution in [2.24, 2.45) is 17.8 Å². The molecule has 154 valence electrons. The van der Waals surface area contributed by atoms with Gasteiger partial charge in [-0.15, -0.1) is 0 Å². The van der Waals surface area contributed by atoms with Gasteiger partial charge in [0.05, 0.1) is 5.92 Å². The number of hydrogen-bond donors (Lipinski definition) is 0. The molecule has 2 atom stereocenters. The van der Waals surface area contributed by atoms with Gasteiger partial charge in [0.1, 0.15) is 0 Å². The Labute approximate surface area is 171 Å². The second kappa shape index (κ2) is 7.15. The molecule has 1 aromatic carbocycles. The topological polar surface area (TPSA) is 60.9 Å². The SMILES string of the molecule is C[C@@H]1CCCN(C(=O)[C@H]2CC(=O)N(c3ccc4c(c3)CCN4C(=O)C3CC3)C2)C1. The fourth-order valence-corrected chi connectivity index (χ4v) is 5.11. The highest BCUT2D eigenvalue weighted by Crippen LogP contribution is 2.38. The Morgan fingerprint density at radius 1 is 1.00 bits per heavy atom. The van der Waals surface area contributed by atoms with Crippen molar-refractivity contribution in [3.63, 3.8) is 0 Å². The molecule has 3 fully saturated rings. The summed E-state index contributed by atoms with van der Waals surface area (Å²) in [4.78, 5) is 43.8. The van der Waals surface area contributed by atoms with E-state index in [9.17, 15) is 14.4 Å². The van der Waals surface area contributed by atoms with Gasteiger partial charge in [-0.05, 0) is 61.8 Å². The Kier molecular flexibility index (Phi) is 4.60. The minimum absolute atomic E-state index is 0.0252. The number of piperidine rings is 1. The van der Waals surface area contributed by atoms with E-state index in [1.807, 2.05) is 28.0 Å². The van der Waals surface area contributed by atoms with Gasteiger partial charge in [-0.25, -0.2) is 0 Å². The molecule has 2 saturated heterocycles. The number of nitrogens with zero attached hydrogens (tertiary/aromatic N) is 3. The van der Waals surface area contributed by atoms with Gasteiger partial charge in [0, 0.05) is 49.9 Å². The molecule has 0 bridgehead atoms. The molecule has 1 saturated carbocycles. The number of carbonyl (C=O) groups is 3. The maximum absolute atomic E-state index is 12.9. The lowest BCUT2D eigenvalue weighted by Crippen LogP contribution is -2.43. The summed E-state index contributed by atoms with van der Waals surface area (Å²) in [5.74, 6) is 0.917. The Morgan fingerprint density at radius 3 is 2.59 bits per heavy atom. The maximum Gasteiger partial charge on any atom is 0.230 e. The van der Waals surface area contributed by atoms with Crippen molar-refractivity contribution in [2.45, 2.75) is 45.4 Å². The fraction of sp³-hybridized carbons (Fsp3) is 0.609. The Morgan fingerprint density at radius 2 is 1.83 bits per heavy atom. The molecule has 5 rings (SSSR count). The van der Waals surface area contributed by atoms with Gasteiger partial charge in [0.15, 0.2) is 0 Å². The first-order chi connectivity index (χ1) is 14.0. The van der Waals surface area contributed by atoms with E-state index in [4.69, 9.17) is 0 Å². The van der Waals surface area contributed by atoms with Crippen LogP contribution in [0.25, 0.3) is 0 Å². The largest absolute Gasteiger partial charge is 0.342 e. The standard InChI is InChI=1S/C23H29N3O3/c1-15-3-2-9-24(13-15)22(28)18-12-21(27)26(14-18)19-6-7-20-17(11-19)8-10-25(20)23(29)16-4-5-16/h6-7,11,15-16,18H,2-5,8-10,12-14H2,1H3/t15-,18+/m1/s1. The zero-order valence-corrected chi connectivity index (χ0v) is 17.1. The molecule has 29 heavy (non-hydrogen) atoms. The number of benzene rings is 1. The summed E-state index contributed by atoms with van der Waals surface area (Å²) in [6.07, 6.45) is 5.38. The van der Waals surface area contributed by atoms with Crippen molar-refractivity contribution in [3.8, 4) is 0 Å². The van der Waals surface area contributed by atoms with E-state index in [-0.39, 0.29) is 29.6 Å². The Bertz CT molecular complexity index is 863. The predicted molar refractivity (Wildman–Crippen MR) is 111 cm³/mol. The second-order valence-corrected chi connectivity index (χ2v) is 9.26. The van der Waals surface area contributed by atoms with Crippen molar-refractivity contribution in [1.82, 2.24) is 4.90 Å². The third kappa shape index (κ3) is 3.43. The van der Waals surface area contributed by atoms with Gasteiger partial charge in [-0.1, -0.05) is 6.92 Å². The highest BCUT2D eigenvalue weighted by Gasteiger charge is 2.39.